The maximum atomic E-state index is 13.4. The van der Waals surface area contributed by atoms with E-state index in [1.54, 1.807) is 29.7 Å². The van der Waals surface area contributed by atoms with Crippen molar-refractivity contribution in [2.75, 3.05) is 0 Å². The Morgan fingerprint density at radius 1 is 1.19 bits per heavy atom. The highest BCUT2D eigenvalue weighted by atomic mass is 19.2. The Bertz CT molecular complexity index is 875. The minimum Gasteiger partial charge on any atom is -0.324 e. The van der Waals surface area contributed by atoms with Gasteiger partial charge in [-0.25, -0.2) is 13.8 Å². The number of rotatable bonds is 2. The Morgan fingerprint density at radius 2 is 1.95 bits per heavy atom. The maximum Gasteiger partial charge on any atom is 0.161 e. The van der Waals surface area contributed by atoms with Crippen LogP contribution in [0.2, 0.25) is 0 Å². The Morgan fingerprint density at radius 3 is 2.71 bits per heavy atom. The Balaban J connectivity index is 2.10. The van der Waals surface area contributed by atoms with Crippen LogP contribution >= 0.6 is 0 Å². The van der Waals surface area contributed by atoms with Crippen molar-refractivity contribution >= 4 is 11.0 Å². The third-order valence-electron chi connectivity index (χ3n) is 3.38. The molecule has 0 atom stereocenters. The Labute approximate surface area is 120 Å². The molecular formula is C16H11F2N3. The fourth-order valence-corrected chi connectivity index (χ4v) is 2.36. The molecule has 21 heavy (non-hydrogen) atoms. The van der Waals surface area contributed by atoms with Crippen LogP contribution in [0.1, 0.15) is 17.0 Å². The van der Waals surface area contributed by atoms with Gasteiger partial charge in [-0.05, 0) is 24.6 Å². The molecule has 5 heteroatoms. The molecule has 1 aromatic heterocycles. The first-order chi connectivity index (χ1) is 10.1. The van der Waals surface area contributed by atoms with E-state index in [4.69, 9.17) is 5.26 Å². The van der Waals surface area contributed by atoms with Crippen LogP contribution in [0, 0.1) is 29.9 Å². The van der Waals surface area contributed by atoms with Crippen LogP contribution in [0.3, 0.4) is 0 Å². The molecule has 3 nitrogen and oxygen atoms in total. The first-order valence-electron chi connectivity index (χ1n) is 6.39. The standard InChI is InChI=1S/C16H11F2N3/c1-10-20-15-6-13(17)14(18)7-16(15)21(10)9-12-4-2-3-11(5-12)8-19/h2-7H,9H2,1H3. The van der Waals surface area contributed by atoms with Gasteiger partial charge in [0.2, 0.25) is 0 Å². The average Bonchev–Trinajstić information content (AvgIpc) is 2.76. The van der Waals surface area contributed by atoms with Crippen molar-refractivity contribution in [3.05, 3.63) is 65.0 Å². The van der Waals surface area contributed by atoms with E-state index in [0.29, 0.717) is 29.0 Å². The fraction of sp³-hybridized carbons (Fsp3) is 0.125. The Kier molecular flexibility index (Phi) is 3.15. The molecule has 2 aromatic carbocycles. The second-order valence-electron chi connectivity index (χ2n) is 4.81. The lowest BCUT2D eigenvalue weighted by atomic mass is 10.1. The molecule has 0 radical (unpaired) electrons. The summed E-state index contributed by atoms with van der Waals surface area (Å²) in [5.74, 6) is -1.13. The highest BCUT2D eigenvalue weighted by Gasteiger charge is 2.12. The molecule has 0 aliphatic rings. The van der Waals surface area contributed by atoms with Crippen LogP contribution in [-0.4, -0.2) is 9.55 Å². The van der Waals surface area contributed by atoms with Gasteiger partial charge in [-0.1, -0.05) is 12.1 Å². The molecule has 0 unspecified atom stereocenters. The number of fused-ring (bicyclic) bond motifs is 1. The van der Waals surface area contributed by atoms with Gasteiger partial charge in [-0.15, -0.1) is 0 Å². The molecule has 0 saturated carbocycles. The molecular weight excluding hydrogens is 272 g/mol. The summed E-state index contributed by atoms with van der Waals surface area (Å²) >= 11 is 0. The smallest absolute Gasteiger partial charge is 0.161 e. The zero-order chi connectivity index (χ0) is 15.0. The van der Waals surface area contributed by atoms with Crippen molar-refractivity contribution in [1.29, 1.82) is 5.26 Å². The summed E-state index contributed by atoms with van der Waals surface area (Å²) in [5.41, 5.74) is 2.42. The number of aromatic nitrogens is 2. The Hall–Kier alpha value is -2.74. The molecule has 1 heterocycles. The van der Waals surface area contributed by atoms with Crippen LogP contribution in [0.4, 0.5) is 8.78 Å². The van der Waals surface area contributed by atoms with Gasteiger partial charge in [-0.3, -0.25) is 0 Å². The third-order valence-corrected chi connectivity index (χ3v) is 3.38. The van der Waals surface area contributed by atoms with Crippen LogP contribution < -0.4 is 0 Å². The van der Waals surface area contributed by atoms with Gasteiger partial charge in [0.15, 0.2) is 11.6 Å². The number of aryl methyl sites for hydroxylation is 1. The van der Waals surface area contributed by atoms with Crippen molar-refractivity contribution < 1.29 is 8.78 Å². The van der Waals surface area contributed by atoms with Crippen molar-refractivity contribution in [2.45, 2.75) is 13.5 Å². The largest absolute Gasteiger partial charge is 0.324 e. The molecule has 0 saturated heterocycles. The normalized spacial score (nSPS) is 10.8. The van der Waals surface area contributed by atoms with Crippen LogP contribution in [0.5, 0.6) is 0 Å². The van der Waals surface area contributed by atoms with Crippen molar-refractivity contribution in [3.8, 4) is 6.07 Å². The van der Waals surface area contributed by atoms with Crippen LogP contribution in [0.15, 0.2) is 36.4 Å². The van der Waals surface area contributed by atoms with Gasteiger partial charge < -0.3 is 4.57 Å². The van der Waals surface area contributed by atoms with Crippen LogP contribution in [-0.2, 0) is 6.54 Å². The van der Waals surface area contributed by atoms with Gasteiger partial charge >= 0.3 is 0 Å². The topological polar surface area (TPSA) is 41.6 Å². The van der Waals surface area contributed by atoms with E-state index < -0.39 is 11.6 Å². The lowest BCUT2D eigenvalue weighted by Crippen LogP contribution is -2.02. The third kappa shape index (κ3) is 2.36. The highest BCUT2D eigenvalue weighted by Crippen LogP contribution is 2.21. The zero-order valence-electron chi connectivity index (χ0n) is 11.3. The summed E-state index contributed by atoms with van der Waals surface area (Å²) < 4.78 is 28.5. The van der Waals surface area contributed by atoms with Crippen LogP contribution in [0.25, 0.3) is 11.0 Å². The minimum absolute atomic E-state index is 0.419. The number of nitriles is 1. The number of hydrogen-bond acceptors (Lipinski definition) is 2. The van der Waals surface area contributed by atoms with Crippen molar-refractivity contribution in [2.24, 2.45) is 0 Å². The SMILES string of the molecule is Cc1nc2cc(F)c(F)cc2n1Cc1cccc(C#N)c1. The number of benzene rings is 2. The molecule has 3 aromatic rings. The zero-order valence-corrected chi connectivity index (χ0v) is 11.3. The number of hydrogen-bond donors (Lipinski definition) is 0. The summed E-state index contributed by atoms with van der Waals surface area (Å²) in [7, 11) is 0. The maximum absolute atomic E-state index is 13.4. The predicted molar refractivity (Wildman–Crippen MR) is 74.6 cm³/mol. The summed E-state index contributed by atoms with van der Waals surface area (Å²) in [6, 6.07) is 11.5. The second-order valence-corrected chi connectivity index (χ2v) is 4.81. The predicted octanol–water partition coefficient (Wildman–Crippen LogP) is 3.54. The van der Waals surface area contributed by atoms with E-state index in [9.17, 15) is 8.78 Å². The van der Waals surface area contributed by atoms with Crippen molar-refractivity contribution in [3.63, 3.8) is 0 Å². The van der Waals surface area contributed by atoms with E-state index in [1.807, 2.05) is 6.07 Å². The van der Waals surface area contributed by atoms with E-state index in [2.05, 4.69) is 11.1 Å². The average molecular weight is 283 g/mol. The summed E-state index contributed by atoms with van der Waals surface area (Å²) in [6.07, 6.45) is 0. The van der Waals surface area contributed by atoms with Gasteiger partial charge in [0.1, 0.15) is 5.82 Å². The summed E-state index contributed by atoms with van der Waals surface area (Å²) in [6.45, 7) is 2.23. The quantitative estimate of drug-likeness (QED) is 0.721. The molecule has 0 N–H and O–H groups in total. The highest BCUT2D eigenvalue weighted by molar-refractivity contribution is 5.76. The molecule has 0 fully saturated rings. The van der Waals surface area contributed by atoms with E-state index in [1.165, 1.54) is 0 Å². The van der Waals surface area contributed by atoms with Gasteiger partial charge in [0.25, 0.3) is 0 Å². The molecule has 3 rings (SSSR count). The number of nitrogens with zero attached hydrogens (tertiary/aromatic N) is 3. The number of imidazole rings is 1. The fourth-order valence-electron chi connectivity index (χ4n) is 2.36. The number of halogens is 2. The van der Waals surface area contributed by atoms with E-state index >= 15 is 0 Å². The molecule has 104 valence electrons. The molecule has 0 aliphatic carbocycles. The molecule has 0 spiro atoms. The van der Waals surface area contributed by atoms with Gasteiger partial charge in [0.05, 0.1) is 22.7 Å². The van der Waals surface area contributed by atoms with Gasteiger partial charge in [0, 0.05) is 18.7 Å². The monoisotopic (exact) mass is 283 g/mol. The molecule has 0 bridgehead atoms. The van der Waals surface area contributed by atoms with Crippen molar-refractivity contribution in [1.82, 2.24) is 9.55 Å². The summed E-state index contributed by atoms with van der Waals surface area (Å²) in [5, 5.41) is 8.92. The van der Waals surface area contributed by atoms with Gasteiger partial charge in [-0.2, -0.15) is 5.26 Å². The second kappa shape index (κ2) is 4.98. The first kappa shape index (κ1) is 13.3. The van der Waals surface area contributed by atoms with E-state index in [0.717, 1.165) is 17.7 Å². The molecule has 0 aliphatic heterocycles. The lowest BCUT2D eigenvalue weighted by molar-refractivity contribution is 0.510. The molecule has 0 amide bonds. The lowest BCUT2D eigenvalue weighted by Gasteiger charge is -2.07. The summed E-state index contributed by atoms with van der Waals surface area (Å²) in [4.78, 5) is 4.25. The minimum atomic E-state index is -0.904. The van der Waals surface area contributed by atoms with E-state index in [-0.39, 0.29) is 0 Å². The first-order valence-corrected chi connectivity index (χ1v) is 6.39.